The van der Waals surface area contributed by atoms with E-state index in [9.17, 15) is 4.79 Å². The van der Waals surface area contributed by atoms with Gasteiger partial charge in [0.25, 0.3) is 0 Å². The number of rotatable bonds is 2. The maximum atomic E-state index is 11.8. The van der Waals surface area contributed by atoms with Crippen LogP contribution in [0.1, 0.15) is 24.1 Å². The monoisotopic (exact) mass is 260 g/mol. The average Bonchev–Trinajstić information content (AvgIpc) is 2.89. The number of nitrogens with zero attached hydrogens (tertiary/aromatic N) is 4. The highest BCUT2D eigenvalue weighted by Gasteiger charge is 2.30. The van der Waals surface area contributed by atoms with Crippen LogP contribution < -0.4 is 0 Å². The lowest BCUT2D eigenvalue weighted by molar-refractivity contribution is -0.127. The van der Waals surface area contributed by atoms with Gasteiger partial charge in [0.1, 0.15) is 23.2 Å². The Hall–Kier alpha value is -2.15. The minimum Gasteiger partial charge on any atom is -0.380 e. The van der Waals surface area contributed by atoms with Gasteiger partial charge >= 0.3 is 0 Å². The van der Waals surface area contributed by atoms with Gasteiger partial charge in [-0.15, -0.1) is 0 Å². The van der Waals surface area contributed by atoms with Crippen LogP contribution in [-0.2, 0) is 9.53 Å². The SMILES string of the molecule is Cc1nccc(-c2noc(C3COCCC3=O)n2)n1. The molecule has 0 saturated carbocycles. The second-order valence-electron chi connectivity index (χ2n) is 4.29. The second-order valence-corrected chi connectivity index (χ2v) is 4.29. The normalized spacial score (nSPS) is 19.6. The number of aryl methyl sites for hydroxylation is 1. The minimum atomic E-state index is -0.460. The van der Waals surface area contributed by atoms with Gasteiger partial charge in [0.05, 0.1) is 13.2 Å². The maximum Gasteiger partial charge on any atom is 0.239 e. The van der Waals surface area contributed by atoms with E-state index in [1.54, 1.807) is 19.2 Å². The zero-order valence-electron chi connectivity index (χ0n) is 10.4. The number of Topliss-reactive ketones (excluding diaryl/α,β-unsaturated/α-hetero) is 1. The summed E-state index contributed by atoms with van der Waals surface area (Å²) in [5.74, 6) is 0.883. The van der Waals surface area contributed by atoms with E-state index in [0.29, 0.717) is 37.0 Å². The molecule has 98 valence electrons. The fourth-order valence-corrected chi connectivity index (χ4v) is 1.91. The van der Waals surface area contributed by atoms with Gasteiger partial charge in [-0.25, -0.2) is 9.97 Å². The number of carbonyl (C=O) groups excluding carboxylic acids is 1. The van der Waals surface area contributed by atoms with Crippen molar-refractivity contribution in [3.05, 3.63) is 24.0 Å². The van der Waals surface area contributed by atoms with Crippen LogP contribution in [0.3, 0.4) is 0 Å². The average molecular weight is 260 g/mol. The van der Waals surface area contributed by atoms with Crippen LogP contribution in [0.2, 0.25) is 0 Å². The molecule has 0 N–H and O–H groups in total. The molecule has 1 fully saturated rings. The molecule has 0 amide bonds. The number of carbonyl (C=O) groups is 1. The van der Waals surface area contributed by atoms with E-state index in [0.717, 1.165) is 0 Å². The Labute approximate surface area is 109 Å². The van der Waals surface area contributed by atoms with Crippen molar-refractivity contribution in [1.82, 2.24) is 20.1 Å². The largest absolute Gasteiger partial charge is 0.380 e. The zero-order chi connectivity index (χ0) is 13.2. The van der Waals surface area contributed by atoms with E-state index in [1.165, 1.54) is 0 Å². The summed E-state index contributed by atoms with van der Waals surface area (Å²) in [5.41, 5.74) is 0.576. The molecule has 2 aromatic rings. The van der Waals surface area contributed by atoms with E-state index in [4.69, 9.17) is 9.26 Å². The van der Waals surface area contributed by atoms with Crippen LogP contribution in [0.4, 0.5) is 0 Å². The van der Waals surface area contributed by atoms with Crippen molar-refractivity contribution >= 4 is 5.78 Å². The molecule has 0 spiro atoms. The fourth-order valence-electron chi connectivity index (χ4n) is 1.91. The molecule has 19 heavy (non-hydrogen) atoms. The minimum absolute atomic E-state index is 0.0697. The first-order chi connectivity index (χ1) is 9.24. The van der Waals surface area contributed by atoms with Crippen LogP contribution in [0.5, 0.6) is 0 Å². The molecular weight excluding hydrogens is 248 g/mol. The molecule has 0 aromatic carbocycles. The van der Waals surface area contributed by atoms with E-state index < -0.39 is 5.92 Å². The first kappa shape index (κ1) is 11.9. The van der Waals surface area contributed by atoms with Crippen LogP contribution in [-0.4, -0.2) is 39.1 Å². The van der Waals surface area contributed by atoms with Gasteiger partial charge in [-0.1, -0.05) is 5.16 Å². The Kier molecular flexibility index (Phi) is 3.04. The zero-order valence-corrected chi connectivity index (χ0v) is 10.4. The van der Waals surface area contributed by atoms with Gasteiger partial charge in [0.2, 0.25) is 11.7 Å². The van der Waals surface area contributed by atoms with Crippen LogP contribution in [0, 0.1) is 6.92 Å². The summed E-state index contributed by atoms with van der Waals surface area (Å²) in [6, 6.07) is 1.70. The van der Waals surface area contributed by atoms with Crippen molar-refractivity contribution < 1.29 is 14.1 Å². The van der Waals surface area contributed by atoms with Crippen molar-refractivity contribution in [3.8, 4) is 11.5 Å². The number of ketones is 1. The molecular formula is C12H12N4O3. The topological polar surface area (TPSA) is 91.0 Å². The van der Waals surface area contributed by atoms with Crippen LogP contribution >= 0.6 is 0 Å². The second kappa shape index (κ2) is 4.85. The van der Waals surface area contributed by atoms with Crippen molar-refractivity contribution in [2.75, 3.05) is 13.2 Å². The summed E-state index contributed by atoms with van der Waals surface area (Å²) in [7, 11) is 0. The van der Waals surface area contributed by atoms with Crippen LogP contribution in [0.15, 0.2) is 16.8 Å². The first-order valence-electron chi connectivity index (χ1n) is 5.98. The van der Waals surface area contributed by atoms with Gasteiger partial charge in [-0.2, -0.15) is 4.98 Å². The molecule has 1 saturated heterocycles. The first-order valence-corrected chi connectivity index (χ1v) is 5.98. The van der Waals surface area contributed by atoms with Crippen molar-refractivity contribution in [1.29, 1.82) is 0 Å². The van der Waals surface area contributed by atoms with Crippen LogP contribution in [0.25, 0.3) is 11.5 Å². The van der Waals surface area contributed by atoms with Crippen molar-refractivity contribution in [3.63, 3.8) is 0 Å². The fraction of sp³-hybridized carbons (Fsp3) is 0.417. The van der Waals surface area contributed by atoms with Gasteiger partial charge in [0.15, 0.2) is 0 Å². The highest BCUT2D eigenvalue weighted by molar-refractivity contribution is 5.85. The molecule has 7 nitrogen and oxygen atoms in total. The van der Waals surface area contributed by atoms with Crippen molar-refractivity contribution in [2.45, 2.75) is 19.3 Å². The van der Waals surface area contributed by atoms with Gasteiger partial charge in [-0.05, 0) is 13.0 Å². The molecule has 0 aliphatic carbocycles. The molecule has 0 radical (unpaired) electrons. The number of ether oxygens (including phenoxy) is 1. The molecule has 1 aliphatic heterocycles. The maximum absolute atomic E-state index is 11.8. The Balaban J connectivity index is 1.89. The molecule has 1 aliphatic rings. The predicted molar refractivity (Wildman–Crippen MR) is 63.2 cm³/mol. The summed E-state index contributed by atoms with van der Waals surface area (Å²) in [6.45, 7) is 2.54. The summed E-state index contributed by atoms with van der Waals surface area (Å²) in [5, 5.41) is 3.85. The molecule has 3 rings (SSSR count). The molecule has 1 unspecified atom stereocenters. The highest BCUT2D eigenvalue weighted by Crippen LogP contribution is 2.23. The molecule has 3 heterocycles. The summed E-state index contributed by atoms with van der Waals surface area (Å²) < 4.78 is 10.4. The van der Waals surface area contributed by atoms with Gasteiger partial charge < -0.3 is 9.26 Å². The third-order valence-electron chi connectivity index (χ3n) is 2.91. The van der Waals surface area contributed by atoms with E-state index >= 15 is 0 Å². The number of hydrogen-bond acceptors (Lipinski definition) is 7. The smallest absolute Gasteiger partial charge is 0.239 e. The van der Waals surface area contributed by atoms with E-state index in [1.807, 2.05) is 0 Å². The summed E-state index contributed by atoms with van der Waals surface area (Å²) in [4.78, 5) is 24.2. The quantitative estimate of drug-likeness (QED) is 0.792. The summed E-state index contributed by atoms with van der Waals surface area (Å²) in [6.07, 6.45) is 2.01. The predicted octanol–water partition coefficient (Wildman–Crippen LogP) is 0.908. The Morgan fingerprint density at radius 3 is 3.05 bits per heavy atom. The number of aromatic nitrogens is 4. The van der Waals surface area contributed by atoms with Gasteiger partial charge in [-0.3, -0.25) is 4.79 Å². The molecule has 2 aromatic heterocycles. The van der Waals surface area contributed by atoms with Crippen molar-refractivity contribution in [2.24, 2.45) is 0 Å². The third kappa shape index (κ3) is 2.37. The lowest BCUT2D eigenvalue weighted by atomic mass is 10.0. The standard InChI is InChI=1S/C12H12N4O3/c1-7-13-4-2-9(14-7)11-15-12(19-16-11)8-6-18-5-3-10(8)17/h2,4,8H,3,5-6H2,1H3. The summed E-state index contributed by atoms with van der Waals surface area (Å²) >= 11 is 0. The van der Waals surface area contributed by atoms with E-state index in [-0.39, 0.29) is 11.7 Å². The highest BCUT2D eigenvalue weighted by atomic mass is 16.5. The lowest BCUT2D eigenvalue weighted by Crippen LogP contribution is -2.25. The molecule has 7 heteroatoms. The Morgan fingerprint density at radius 1 is 1.37 bits per heavy atom. The number of hydrogen-bond donors (Lipinski definition) is 0. The Bertz CT molecular complexity index is 611. The van der Waals surface area contributed by atoms with E-state index in [2.05, 4.69) is 20.1 Å². The third-order valence-corrected chi connectivity index (χ3v) is 2.91. The van der Waals surface area contributed by atoms with Gasteiger partial charge in [0, 0.05) is 12.6 Å². The molecule has 1 atom stereocenters. The molecule has 0 bridgehead atoms. The Morgan fingerprint density at radius 2 is 2.26 bits per heavy atom. The lowest BCUT2D eigenvalue weighted by Gasteiger charge is -2.16.